The second-order valence-electron chi connectivity index (χ2n) is 14.6. The van der Waals surface area contributed by atoms with E-state index in [4.69, 9.17) is 33.0 Å². The summed E-state index contributed by atoms with van der Waals surface area (Å²) in [5, 5.41) is 1.39. The minimum absolute atomic E-state index is 0.0534. The minimum Gasteiger partial charge on any atom is -0.382 e. The SMILES string of the molecule is Cc1ccccc1-n1c(Cn2cnc3c(Cl)nc(N)nc32)nc2cccc(C)c2c1=O.Cc1ccccc1-n1c(Cn2cnc3ncnc(N)c32)nc2cccc(C)c2c1=O. The van der Waals surface area contributed by atoms with E-state index in [9.17, 15) is 9.59 Å². The molecule has 0 amide bonds. The van der Waals surface area contributed by atoms with Crippen LogP contribution in [0.1, 0.15) is 33.9 Å². The van der Waals surface area contributed by atoms with Crippen LogP contribution in [0.25, 0.3) is 55.5 Å². The normalized spacial score (nSPS) is 11.4. The number of hydrogen-bond acceptors (Lipinski definition) is 12. The van der Waals surface area contributed by atoms with Crippen molar-refractivity contribution < 1.29 is 0 Å². The topological polar surface area (TPSA) is 209 Å². The number of nitrogen functional groups attached to an aromatic ring is 2. The van der Waals surface area contributed by atoms with Gasteiger partial charge in [0.1, 0.15) is 29.0 Å². The summed E-state index contributed by atoms with van der Waals surface area (Å²) >= 11 is 6.17. The first-order valence-electron chi connectivity index (χ1n) is 19.2. The molecule has 10 rings (SSSR count). The summed E-state index contributed by atoms with van der Waals surface area (Å²) in [6.07, 6.45) is 4.62. The lowest BCUT2D eigenvalue weighted by Crippen LogP contribution is -2.26. The van der Waals surface area contributed by atoms with Crippen LogP contribution in [-0.4, -0.2) is 58.1 Å². The number of halogens is 1. The highest BCUT2D eigenvalue weighted by molar-refractivity contribution is 6.33. The van der Waals surface area contributed by atoms with Crippen molar-refractivity contribution in [3.05, 3.63) is 164 Å². The first kappa shape index (κ1) is 38.7. The molecule has 10 aromatic rings. The van der Waals surface area contributed by atoms with Gasteiger partial charge in [0, 0.05) is 0 Å². The van der Waals surface area contributed by atoms with Crippen LogP contribution in [0.3, 0.4) is 0 Å². The van der Waals surface area contributed by atoms with Crippen molar-refractivity contribution in [3.63, 3.8) is 0 Å². The van der Waals surface area contributed by atoms with Crippen molar-refractivity contribution in [1.29, 1.82) is 0 Å². The Morgan fingerprint density at radius 2 is 1.10 bits per heavy atom. The van der Waals surface area contributed by atoms with Crippen molar-refractivity contribution in [1.82, 2.24) is 58.1 Å². The molecule has 6 heterocycles. The fourth-order valence-corrected chi connectivity index (χ4v) is 7.84. The van der Waals surface area contributed by atoms with Gasteiger partial charge >= 0.3 is 0 Å². The van der Waals surface area contributed by atoms with Gasteiger partial charge < -0.3 is 20.6 Å². The molecule has 0 saturated heterocycles. The third kappa shape index (κ3) is 6.87. The van der Waals surface area contributed by atoms with Gasteiger partial charge in [-0.1, -0.05) is 72.3 Å². The van der Waals surface area contributed by atoms with Crippen LogP contribution in [0.5, 0.6) is 0 Å². The fourth-order valence-electron chi connectivity index (χ4n) is 7.62. The minimum atomic E-state index is -0.121. The molecule has 0 spiro atoms. The predicted octanol–water partition coefficient (Wildman–Crippen LogP) is 6.20. The third-order valence-corrected chi connectivity index (χ3v) is 10.8. The number of nitrogens with zero attached hydrogens (tertiary/aromatic N) is 12. The molecule has 0 saturated carbocycles. The van der Waals surface area contributed by atoms with E-state index >= 15 is 0 Å². The van der Waals surface area contributed by atoms with E-state index in [1.165, 1.54) is 6.33 Å². The van der Waals surface area contributed by atoms with Crippen LogP contribution in [-0.2, 0) is 13.1 Å². The van der Waals surface area contributed by atoms with Gasteiger partial charge in [0.05, 0.1) is 58.9 Å². The molecule has 17 heteroatoms. The smallest absolute Gasteiger partial charge is 0.266 e. The van der Waals surface area contributed by atoms with Gasteiger partial charge in [-0.3, -0.25) is 18.7 Å². The lowest BCUT2D eigenvalue weighted by atomic mass is 10.1. The Labute approximate surface area is 351 Å². The average molecular weight is 829 g/mol. The van der Waals surface area contributed by atoms with Crippen molar-refractivity contribution >= 4 is 67.5 Å². The maximum Gasteiger partial charge on any atom is 0.266 e. The summed E-state index contributed by atoms with van der Waals surface area (Å²) in [5.41, 5.74) is 20.3. The van der Waals surface area contributed by atoms with Crippen LogP contribution >= 0.6 is 11.6 Å². The van der Waals surface area contributed by atoms with E-state index < -0.39 is 0 Å². The number of rotatable bonds is 6. The number of para-hydroxylation sites is 2. The summed E-state index contributed by atoms with van der Waals surface area (Å²) in [4.78, 5) is 62.1. The van der Waals surface area contributed by atoms with Gasteiger partial charge in [0.15, 0.2) is 22.3 Å². The van der Waals surface area contributed by atoms with E-state index in [-0.39, 0.29) is 28.8 Å². The van der Waals surface area contributed by atoms with E-state index in [1.807, 2.05) is 117 Å². The maximum absolute atomic E-state index is 13.7. The van der Waals surface area contributed by atoms with E-state index in [0.717, 1.165) is 33.6 Å². The lowest BCUT2D eigenvalue weighted by Gasteiger charge is -2.17. The van der Waals surface area contributed by atoms with E-state index in [1.54, 1.807) is 26.4 Å². The van der Waals surface area contributed by atoms with Gasteiger partial charge in [-0.2, -0.15) is 9.97 Å². The summed E-state index contributed by atoms with van der Waals surface area (Å²) in [6.45, 7) is 8.32. The number of aryl methyl sites for hydroxylation is 4. The van der Waals surface area contributed by atoms with Gasteiger partial charge in [0.25, 0.3) is 11.1 Å². The zero-order valence-electron chi connectivity index (χ0n) is 33.4. The largest absolute Gasteiger partial charge is 0.382 e. The highest BCUT2D eigenvalue weighted by atomic mass is 35.5. The van der Waals surface area contributed by atoms with Gasteiger partial charge in [-0.25, -0.2) is 29.9 Å². The van der Waals surface area contributed by atoms with Crippen molar-refractivity contribution in [3.8, 4) is 11.4 Å². The quantitative estimate of drug-likeness (QED) is 0.180. The number of anilines is 2. The number of hydrogen-bond donors (Lipinski definition) is 2. The standard InChI is InChI=1S/C22H18ClN7O.C22H19N7O/c1-12-6-3-4-9-15(12)30-16(26-14-8-5-7-13(2)17(14)21(30)31)10-29-11-25-18-19(23)27-22(24)28-20(18)29;1-13-6-3-4-9-16(13)29-17(27-15-8-5-7-14(2)18(15)22(29)30)10-28-12-26-21-19(28)20(23)24-11-25-21/h3-9,11H,10H2,1-2H3,(H2,24,27,28);3-9,11-12H,10H2,1-2H3,(H2,23,24,25). The molecule has 16 nitrogen and oxygen atoms in total. The molecule has 0 radical (unpaired) electrons. The molecule has 4 aromatic carbocycles. The van der Waals surface area contributed by atoms with Crippen LogP contribution in [0.4, 0.5) is 11.8 Å². The van der Waals surface area contributed by atoms with Gasteiger partial charge in [0.2, 0.25) is 5.95 Å². The fraction of sp³-hybridized carbons (Fsp3) is 0.136. The van der Waals surface area contributed by atoms with Crippen LogP contribution in [0, 0.1) is 27.7 Å². The molecule has 0 aliphatic carbocycles. The molecule has 0 atom stereocenters. The molecule has 302 valence electrons. The molecule has 0 aliphatic rings. The summed E-state index contributed by atoms with van der Waals surface area (Å²) in [5.74, 6) is 1.51. The highest BCUT2D eigenvalue weighted by Crippen LogP contribution is 2.24. The molecule has 61 heavy (non-hydrogen) atoms. The maximum atomic E-state index is 13.7. The van der Waals surface area contributed by atoms with Crippen molar-refractivity contribution in [2.45, 2.75) is 40.8 Å². The number of benzene rings is 4. The predicted molar refractivity (Wildman–Crippen MR) is 236 cm³/mol. The van der Waals surface area contributed by atoms with E-state index in [0.29, 0.717) is 68.1 Å². The second kappa shape index (κ2) is 15.4. The van der Waals surface area contributed by atoms with Gasteiger partial charge in [-0.15, -0.1) is 0 Å². The van der Waals surface area contributed by atoms with Crippen LogP contribution in [0.2, 0.25) is 5.15 Å². The van der Waals surface area contributed by atoms with Gasteiger partial charge in [-0.05, 0) is 74.2 Å². The Morgan fingerprint density at radius 3 is 1.67 bits per heavy atom. The Morgan fingerprint density at radius 1 is 0.574 bits per heavy atom. The first-order valence-corrected chi connectivity index (χ1v) is 19.6. The zero-order valence-corrected chi connectivity index (χ0v) is 34.2. The number of aromatic nitrogens is 12. The Bertz CT molecular complexity index is 3480. The Balaban J connectivity index is 0.000000156. The van der Waals surface area contributed by atoms with Crippen molar-refractivity contribution in [2.24, 2.45) is 0 Å². The number of fused-ring (bicyclic) bond motifs is 4. The zero-order chi connectivity index (χ0) is 42.5. The van der Waals surface area contributed by atoms with Crippen molar-refractivity contribution in [2.75, 3.05) is 11.5 Å². The molecular weight excluding hydrogens is 792 g/mol. The molecule has 0 fully saturated rings. The third-order valence-electron chi connectivity index (χ3n) is 10.6. The lowest BCUT2D eigenvalue weighted by molar-refractivity contribution is 0.717. The molecule has 0 aliphatic heterocycles. The molecule has 6 aromatic heterocycles. The Hall–Kier alpha value is -7.85. The summed E-state index contributed by atoms with van der Waals surface area (Å²) in [7, 11) is 0. The molecule has 0 bridgehead atoms. The van der Waals surface area contributed by atoms with Crippen LogP contribution in [0.15, 0.2) is 114 Å². The highest BCUT2D eigenvalue weighted by Gasteiger charge is 2.20. The van der Waals surface area contributed by atoms with Crippen LogP contribution < -0.4 is 22.6 Å². The molecule has 0 unspecified atom stereocenters. The second-order valence-corrected chi connectivity index (χ2v) is 14.9. The molecule has 4 N–H and O–H groups in total. The first-order chi connectivity index (χ1) is 29.5. The number of imidazole rings is 2. The van der Waals surface area contributed by atoms with E-state index in [2.05, 4.69) is 29.9 Å². The average Bonchev–Trinajstić information content (AvgIpc) is 3.84. The summed E-state index contributed by atoms with van der Waals surface area (Å²) in [6, 6.07) is 26.8. The number of nitrogens with two attached hydrogens (primary N) is 2. The molecular formula is C44H37ClN14O2. The summed E-state index contributed by atoms with van der Waals surface area (Å²) < 4.78 is 6.92. The Kier molecular flexibility index (Phi) is 9.75. The monoisotopic (exact) mass is 828 g/mol.